The van der Waals surface area contributed by atoms with E-state index in [1.54, 1.807) is 25.7 Å². The Labute approximate surface area is 151 Å². The number of nitrogens with zero attached hydrogens (tertiary/aromatic N) is 2. The molecule has 0 radical (unpaired) electrons. The lowest BCUT2D eigenvalue weighted by molar-refractivity contribution is -0.0470. The highest BCUT2D eigenvalue weighted by Crippen LogP contribution is 2.29. The zero-order chi connectivity index (χ0) is 18.7. The molecule has 2 heterocycles. The van der Waals surface area contributed by atoms with Gasteiger partial charge in [0.1, 0.15) is 11.3 Å². The summed E-state index contributed by atoms with van der Waals surface area (Å²) in [4.78, 5) is 17.2. The molecule has 1 N–H and O–H groups in total. The number of aromatic nitrogens is 1. The molecule has 1 aliphatic heterocycles. The van der Waals surface area contributed by atoms with E-state index in [1.807, 2.05) is 0 Å². The molecule has 1 aromatic heterocycles. The molecular formula is C17H24ClF2N3O2. The van der Waals surface area contributed by atoms with Crippen LogP contribution < -0.4 is 5.32 Å². The summed E-state index contributed by atoms with van der Waals surface area (Å²) in [6, 6.07) is 2.60. The van der Waals surface area contributed by atoms with Gasteiger partial charge in [0.25, 0.3) is 0 Å². The van der Waals surface area contributed by atoms with Crippen molar-refractivity contribution in [3.8, 4) is 0 Å². The number of rotatable bonds is 4. The summed E-state index contributed by atoms with van der Waals surface area (Å²) < 4.78 is 33.9. The number of alkyl carbamates (subject to hydrolysis) is 1. The fourth-order valence-corrected chi connectivity index (χ4v) is 2.78. The van der Waals surface area contributed by atoms with Gasteiger partial charge in [-0.3, -0.25) is 9.88 Å². The molecule has 0 atom stereocenters. The molecule has 1 saturated heterocycles. The zero-order valence-electron chi connectivity index (χ0n) is 14.7. The van der Waals surface area contributed by atoms with Gasteiger partial charge in [-0.1, -0.05) is 11.6 Å². The highest BCUT2D eigenvalue weighted by Gasteiger charge is 2.36. The van der Waals surface area contributed by atoms with E-state index in [4.69, 9.17) is 16.3 Å². The summed E-state index contributed by atoms with van der Waals surface area (Å²) >= 11 is 5.69. The van der Waals surface area contributed by atoms with Crippen LogP contribution in [0.15, 0.2) is 18.3 Å². The van der Waals surface area contributed by atoms with Crippen LogP contribution in [0.1, 0.15) is 39.3 Å². The molecule has 0 aromatic carbocycles. The maximum atomic E-state index is 14.3. The second kappa shape index (κ2) is 7.83. The molecule has 0 saturated carbocycles. The number of ether oxygens (including phenoxy) is 1. The van der Waals surface area contributed by atoms with Crippen molar-refractivity contribution in [3.63, 3.8) is 0 Å². The zero-order valence-corrected chi connectivity index (χ0v) is 15.4. The van der Waals surface area contributed by atoms with Crippen LogP contribution in [-0.2, 0) is 10.7 Å². The average Bonchev–Trinajstić information content (AvgIpc) is 2.47. The summed E-state index contributed by atoms with van der Waals surface area (Å²) in [7, 11) is 0. The van der Waals surface area contributed by atoms with Gasteiger partial charge >= 0.3 is 12.0 Å². The van der Waals surface area contributed by atoms with Crippen LogP contribution in [0.2, 0.25) is 5.02 Å². The number of alkyl halides is 2. The van der Waals surface area contributed by atoms with Gasteiger partial charge in [-0.25, -0.2) is 4.79 Å². The minimum absolute atomic E-state index is 0.0617. The highest BCUT2D eigenvalue weighted by atomic mass is 35.5. The number of pyridine rings is 1. The van der Waals surface area contributed by atoms with E-state index in [0.29, 0.717) is 31.0 Å². The Kier molecular flexibility index (Phi) is 6.21. The van der Waals surface area contributed by atoms with E-state index in [0.717, 1.165) is 0 Å². The Morgan fingerprint density at radius 3 is 2.52 bits per heavy atom. The number of piperidine rings is 1. The number of likely N-dealkylation sites (tertiary alicyclic amines) is 1. The van der Waals surface area contributed by atoms with Crippen molar-refractivity contribution >= 4 is 17.7 Å². The highest BCUT2D eigenvalue weighted by molar-refractivity contribution is 6.30. The topological polar surface area (TPSA) is 54.5 Å². The van der Waals surface area contributed by atoms with E-state index in [9.17, 15) is 13.6 Å². The predicted molar refractivity (Wildman–Crippen MR) is 92.0 cm³/mol. The van der Waals surface area contributed by atoms with Gasteiger partial charge in [0.2, 0.25) is 0 Å². The minimum Gasteiger partial charge on any atom is -0.444 e. The first-order valence-corrected chi connectivity index (χ1v) is 8.65. The van der Waals surface area contributed by atoms with Crippen molar-refractivity contribution in [1.29, 1.82) is 0 Å². The molecule has 5 nitrogen and oxygen atoms in total. The van der Waals surface area contributed by atoms with Crippen LogP contribution in [0.4, 0.5) is 13.6 Å². The lowest BCUT2D eigenvalue weighted by Crippen LogP contribution is -2.48. The van der Waals surface area contributed by atoms with Crippen LogP contribution in [0.3, 0.4) is 0 Å². The summed E-state index contributed by atoms with van der Waals surface area (Å²) in [6.45, 7) is 5.93. The van der Waals surface area contributed by atoms with Crippen molar-refractivity contribution < 1.29 is 18.3 Å². The van der Waals surface area contributed by atoms with Gasteiger partial charge in [-0.2, -0.15) is 8.78 Å². The Balaban J connectivity index is 1.82. The third kappa shape index (κ3) is 6.40. The quantitative estimate of drug-likeness (QED) is 0.869. The first-order valence-electron chi connectivity index (χ1n) is 8.27. The molecule has 1 aromatic rings. The summed E-state index contributed by atoms with van der Waals surface area (Å²) in [6.07, 6.45) is 1.95. The first kappa shape index (κ1) is 19.8. The van der Waals surface area contributed by atoms with E-state index < -0.39 is 24.2 Å². The maximum Gasteiger partial charge on any atom is 0.407 e. The predicted octanol–water partition coefficient (Wildman–Crippen LogP) is 3.82. The van der Waals surface area contributed by atoms with Crippen LogP contribution >= 0.6 is 11.6 Å². The molecule has 1 aliphatic rings. The maximum absolute atomic E-state index is 14.3. The SMILES string of the molecule is CC(C)(C)OC(=O)NC1CCN(CC(F)(F)c2ccc(Cl)cn2)CC1. The molecule has 0 bridgehead atoms. The molecule has 8 heteroatoms. The Morgan fingerprint density at radius 2 is 2.00 bits per heavy atom. The number of nitrogens with one attached hydrogen (secondary N) is 1. The molecule has 1 fully saturated rings. The molecule has 25 heavy (non-hydrogen) atoms. The van der Waals surface area contributed by atoms with Gasteiger partial charge in [0.15, 0.2) is 0 Å². The van der Waals surface area contributed by atoms with E-state index in [-0.39, 0.29) is 11.7 Å². The van der Waals surface area contributed by atoms with Gasteiger partial charge in [0.05, 0.1) is 11.6 Å². The van der Waals surface area contributed by atoms with E-state index in [2.05, 4.69) is 10.3 Å². The minimum atomic E-state index is -3.05. The fourth-order valence-electron chi connectivity index (χ4n) is 2.66. The standard InChI is InChI=1S/C17H24ClF2N3O2/c1-16(2,3)25-15(24)22-13-6-8-23(9-7-13)11-17(19,20)14-5-4-12(18)10-21-14/h4-5,10,13H,6-9,11H2,1-3H3,(H,22,24). The average molecular weight is 376 g/mol. The van der Waals surface area contributed by atoms with Crippen LogP contribution in [0, 0.1) is 0 Å². The van der Waals surface area contributed by atoms with Crippen LogP contribution in [0.5, 0.6) is 0 Å². The molecular weight excluding hydrogens is 352 g/mol. The monoisotopic (exact) mass is 375 g/mol. The third-order valence-corrected chi connectivity index (χ3v) is 4.06. The molecule has 0 spiro atoms. The summed E-state index contributed by atoms with van der Waals surface area (Å²) in [5, 5.41) is 3.12. The smallest absolute Gasteiger partial charge is 0.407 e. The molecule has 0 unspecified atom stereocenters. The number of halogens is 3. The van der Waals surface area contributed by atoms with Crippen molar-refractivity contribution in [2.75, 3.05) is 19.6 Å². The Hall–Kier alpha value is -1.47. The van der Waals surface area contributed by atoms with Crippen LogP contribution in [-0.4, -0.2) is 47.3 Å². The molecule has 0 aliphatic carbocycles. The third-order valence-electron chi connectivity index (χ3n) is 3.83. The summed E-state index contributed by atoms with van der Waals surface area (Å²) in [5.74, 6) is -3.05. The van der Waals surface area contributed by atoms with Gasteiger partial charge in [0, 0.05) is 25.3 Å². The van der Waals surface area contributed by atoms with E-state index in [1.165, 1.54) is 18.3 Å². The van der Waals surface area contributed by atoms with Gasteiger partial charge in [-0.05, 0) is 45.7 Å². The van der Waals surface area contributed by atoms with Crippen molar-refractivity contribution in [2.24, 2.45) is 0 Å². The molecule has 2 rings (SSSR count). The number of hydrogen-bond acceptors (Lipinski definition) is 4. The second-order valence-corrected chi connectivity index (χ2v) is 7.70. The second-order valence-electron chi connectivity index (χ2n) is 7.26. The number of carbonyl (C=O) groups excluding carboxylic acids is 1. The number of amides is 1. The number of carbonyl (C=O) groups is 1. The van der Waals surface area contributed by atoms with Crippen LogP contribution in [0.25, 0.3) is 0 Å². The van der Waals surface area contributed by atoms with E-state index >= 15 is 0 Å². The fraction of sp³-hybridized carbons (Fsp3) is 0.647. The number of hydrogen-bond donors (Lipinski definition) is 1. The van der Waals surface area contributed by atoms with Crippen molar-refractivity contribution in [3.05, 3.63) is 29.0 Å². The lowest BCUT2D eigenvalue weighted by atomic mass is 10.0. The van der Waals surface area contributed by atoms with Crippen molar-refractivity contribution in [1.82, 2.24) is 15.2 Å². The van der Waals surface area contributed by atoms with Crippen molar-refractivity contribution in [2.45, 2.75) is 51.2 Å². The van der Waals surface area contributed by atoms with Gasteiger partial charge < -0.3 is 10.1 Å². The molecule has 1 amide bonds. The lowest BCUT2D eigenvalue weighted by Gasteiger charge is -2.34. The first-order chi connectivity index (χ1) is 11.5. The summed E-state index contributed by atoms with van der Waals surface area (Å²) in [5.41, 5.74) is -0.843. The Bertz CT molecular complexity index is 583. The van der Waals surface area contributed by atoms with Gasteiger partial charge in [-0.15, -0.1) is 0 Å². The normalized spacial score (nSPS) is 17.4. The largest absolute Gasteiger partial charge is 0.444 e. The molecule has 140 valence electrons. The Morgan fingerprint density at radius 1 is 1.36 bits per heavy atom.